The first-order chi connectivity index (χ1) is 8.11. The monoisotopic (exact) mass is 238 g/mol. The molecule has 0 aromatic carbocycles. The minimum absolute atomic E-state index is 0.00963. The Kier molecular flexibility index (Phi) is 5.19. The van der Waals surface area contributed by atoms with Crippen LogP contribution in [0.25, 0.3) is 0 Å². The minimum Gasteiger partial charge on any atom is -0.481 e. The lowest BCUT2D eigenvalue weighted by molar-refractivity contribution is -0.121. The maximum Gasteiger partial charge on any atom is 0.225 e. The number of methoxy groups -OCH3 is 1. The summed E-state index contributed by atoms with van der Waals surface area (Å²) in [6.07, 6.45) is 1.99. The van der Waals surface area contributed by atoms with Gasteiger partial charge in [-0.1, -0.05) is 0 Å². The summed E-state index contributed by atoms with van der Waals surface area (Å²) in [5, 5.41) is 5.77. The predicted molar refractivity (Wildman–Crippen MR) is 65.0 cm³/mol. The van der Waals surface area contributed by atoms with E-state index in [4.69, 9.17) is 4.74 Å². The quantitative estimate of drug-likeness (QED) is 0.767. The first-order valence-electron chi connectivity index (χ1n) is 5.52. The molecule has 0 radical (unpaired) electrons. The molecule has 1 rings (SSSR count). The number of amides is 1. The van der Waals surface area contributed by atoms with Crippen molar-refractivity contribution in [2.24, 2.45) is 0 Å². The molecule has 0 aliphatic rings. The summed E-state index contributed by atoms with van der Waals surface area (Å²) in [5.41, 5.74) is 0. The van der Waals surface area contributed by atoms with Crippen LogP contribution in [0.4, 0.5) is 5.95 Å². The molecule has 0 fully saturated rings. The third-order valence-electron chi connectivity index (χ3n) is 1.92. The number of carbonyl (C=O) groups is 1. The number of carbonyl (C=O) groups excluding carboxylic acids is 1. The van der Waals surface area contributed by atoms with E-state index in [1.807, 2.05) is 13.8 Å². The average Bonchev–Trinajstić information content (AvgIpc) is 2.28. The molecule has 0 atom stereocenters. The Morgan fingerprint density at radius 3 is 2.94 bits per heavy atom. The molecule has 0 saturated carbocycles. The van der Waals surface area contributed by atoms with Crippen molar-refractivity contribution in [3.8, 4) is 5.88 Å². The van der Waals surface area contributed by atoms with Crippen LogP contribution in [0.3, 0.4) is 0 Å². The molecule has 6 heteroatoms. The highest BCUT2D eigenvalue weighted by molar-refractivity contribution is 5.76. The van der Waals surface area contributed by atoms with E-state index in [1.54, 1.807) is 19.4 Å². The number of rotatable bonds is 6. The first kappa shape index (κ1) is 13.2. The topological polar surface area (TPSA) is 76.1 Å². The molecular formula is C11H18N4O2. The van der Waals surface area contributed by atoms with Crippen LogP contribution in [0.15, 0.2) is 12.3 Å². The summed E-state index contributed by atoms with van der Waals surface area (Å²) >= 11 is 0. The number of hydrogen-bond acceptors (Lipinski definition) is 5. The third kappa shape index (κ3) is 5.14. The zero-order valence-electron chi connectivity index (χ0n) is 10.4. The van der Waals surface area contributed by atoms with Gasteiger partial charge in [0.15, 0.2) is 0 Å². The van der Waals surface area contributed by atoms with E-state index in [0.717, 1.165) is 0 Å². The lowest BCUT2D eigenvalue weighted by Crippen LogP contribution is -2.31. The summed E-state index contributed by atoms with van der Waals surface area (Å²) in [7, 11) is 1.54. The van der Waals surface area contributed by atoms with Gasteiger partial charge in [0.05, 0.1) is 7.11 Å². The van der Waals surface area contributed by atoms with Gasteiger partial charge in [-0.3, -0.25) is 4.79 Å². The molecule has 17 heavy (non-hydrogen) atoms. The van der Waals surface area contributed by atoms with Crippen molar-refractivity contribution in [3.05, 3.63) is 12.3 Å². The SMILES string of the molecule is COc1ccnc(NCCC(=O)NC(C)C)n1. The van der Waals surface area contributed by atoms with E-state index in [9.17, 15) is 4.79 Å². The van der Waals surface area contributed by atoms with E-state index in [0.29, 0.717) is 24.8 Å². The van der Waals surface area contributed by atoms with E-state index in [2.05, 4.69) is 20.6 Å². The Labute approximate surface area is 101 Å². The number of anilines is 1. The van der Waals surface area contributed by atoms with Gasteiger partial charge in [0, 0.05) is 31.3 Å². The van der Waals surface area contributed by atoms with Gasteiger partial charge in [0.25, 0.3) is 0 Å². The normalized spacial score (nSPS) is 10.1. The zero-order valence-corrected chi connectivity index (χ0v) is 10.4. The van der Waals surface area contributed by atoms with Crippen LogP contribution in [0.2, 0.25) is 0 Å². The Morgan fingerprint density at radius 2 is 2.29 bits per heavy atom. The van der Waals surface area contributed by atoms with Gasteiger partial charge in [-0.2, -0.15) is 4.98 Å². The molecule has 0 spiro atoms. The summed E-state index contributed by atoms with van der Waals surface area (Å²) in [5.74, 6) is 0.964. The molecule has 1 aromatic heterocycles. The van der Waals surface area contributed by atoms with Crippen LogP contribution >= 0.6 is 0 Å². The number of ether oxygens (including phenoxy) is 1. The maximum atomic E-state index is 11.4. The van der Waals surface area contributed by atoms with Crippen LogP contribution in [0.5, 0.6) is 5.88 Å². The van der Waals surface area contributed by atoms with Crippen LogP contribution in [-0.4, -0.2) is 35.6 Å². The first-order valence-corrected chi connectivity index (χ1v) is 5.52. The predicted octanol–water partition coefficient (Wildman–Crippen LogP) is 0.812. The standard InChI is InChI=1S/C11H18N4O2/c1-8(2)14-9(16)4-6-12-11-13-7-5-10(15-11)17-3/h5,7-8H,4,6H2,1-3H3,(H,14,16)(H,12,13,15). The number of hydrogen-bond donors (Lipinski definition) is 2. The summed E-state index contributed by atoms with van der Waals surface area (Å²) in [6.45, 7) is 4.35. The Balaban J connectivity index is 2.32. The van der Waals surface area contributed by atoms with Crippen molar-refractivity contribution < 1.29 is 9.53 Å². The van der Waals surface area contributed by atoms with Crippen molar-refractivity contribution in [1.29, 1.82) is 0 Å². The molecule has 6 nitrogen and oxygen atoms in total. The minimum atomic E-state index is 0.00963. The van der Waals surface area contributed by atoms with E-state index in [-0.39, 0.29) is 11.9 Å². The van der Waals surface area contributed by atoms with Gasteiger partial charge in [-0.15, -0.1) is 0 Å². The van der Waals surface area contributed by atoms with Gasteiger partial charge in [-0.05, 0) is 13.8 Å². The van der Waals surface area contributed by atoms with Crippen molar-refractivity contribution in [1.82, 2.24) is 15.3 Å². The number of nitrogens with zero attached hydrogens (tertiary/aromatic N) is 2. The van der Waals surface area contributed by atoms with E-state index < -0.39 is 0 Å². The molecule has 0 aliphatic heterocycles. The van der Waals surface area contributed by atoms with E-state index >= 15 is 0 Å². The smallest absolute Gasteiger partial charge is 0.225 e. The zero-order chi connectivity index (χ0) is 12.7. The highest BCUT2D eigenvalue weighted by atomic mass is 16.5. The highest BCUT2D eigenvalue weighted by Crippen LogP contribution is 2.06. The van der Waals surface area contributed by atoms with Gasteiger partial charge in [0.2, 0.25) is 17.7 Å². The van der Waals surface area contributed by atoms with Gasteiger partial charge >= 0.3 is 0 Å². The largest absolute Gasteiger partial charge is 0.481 e. The van der Waals surface area contributed by atoms with Crippen molar-refractivity contribution >= 4 is 11.9 Å². The Hall–Kier alpha value is -1.85. The molecule has 0 unspecified atom stereocenters. The van der Waals surface area contributed by atoms with Gasteiger partial charge < -0.3 is 15.4 Å². The fraction of sp³-hybridized carbons (Fsp3) is 0.545. The Bertz CT molecular complexity index is 368. The molecule has 0 saturated heterocycles. The van der Waals surface area contributed by atoms with Crippen molar-refractivity contribution in [2.75, 3.05) is 19.0 Å². The highest BCUT2D eigenvalue weighted by Gasteiger charge is 2.03. The van der Waals surface area contributed by atoms with Crippen molar-refractivity contribution in [3.63, 3.8) is 0 Å². The molecule has 0 bridgehead atoms. The molecule has 0 aliphatic carbocycles. The molecule has 1 amide bonds. The fourth-order valence-corrected chi connectivity index (χ4v) is 1.22. The lowest BCUT2D eigenvalue weighted by atomic mass is 10.3. The second kappa shape index (κ2) is 6.67. The second-order valence-corrected chi connectivity index (χ2v) is 3.82. The lowest BCUT2D eigenvalue weighted by Gasteiger charge is -2.09. The van der Waals surface area contributed by atoms with Crippen molar-refractivity contribution in [2.45, 2.75) is 26.3 Å². The fourth-order valence-electron chi connectivity index (χ4n) is 1.22. The molecular weight excluding hydrogens is 220 g/mol. The van der Waals surface area contributed by atoms with Crippen LogP contribution < -0.4 is 15.4 Å². The summed E-state index contributed by atoms with van der Waals surface area (Å²) in [4.78, 5) is 19.4. The molecule has 1 aromatic rings. The Morgan fingerprint density at radius 1 is 1.53 bits per heavy atom. The summed E-state index contributed by atoms with van der Waals surface area (Å²) < 4.78 is 4.96. The average molecular weight is 238 g/mol. The number of nitrogens with one attached hydrogen (secondary N) is 2. The van der Waals surface area contributed by atoms with Crippen LogP contribution in [-0.2, 0) is 4.79 Å². The second-order valence-electron chi connectivity index (χ2n) is 3.82. The van der Waals surface area contributed by atoms with Gasteiger partial charge in [0.1, 0.15) is 0 Å². The van der Waals surface area contributed by atoms with Gasteiger partial charge in [-0.25, -0.2) is 4.98 Å². The van der Waals surface area contributed by atoms with E-state index in [1.165, 1.54) is 0 Å². The number of aromatic nitrogens is 2. The summed E-state index contributed by atoms with van der Waals surface area (Å²) in [6, 6.07) is 1.83. The molecule has 2 N–H and O–H groups in total. The molecule has 1 heterocycles. The third-order valence-corrected chi connectivity index (χ3v) is 1.92. The maximum absolute atomic E-state index is 11.4. The molecule has 94 valence electrons. The van der Waals surface area contributed by atoms with Crippen LogP contribution in [0, 0.1) is 0 Å². The van der Waals surface area contributed by atoms with Crippen LogP contribution in [0.1, 0.15) is 20.3 Å².